The van der Waals surface area contributed by atoms with Crippen molar-refractivity contribution in [2.24, 2.45) is 0 Å². The predicted octanol–water partition coefficient (Wildman–Crippen LogP) is 2.81. The molecule has 0 spiro atoms. The number of fused-ring (bicyclic) bond motifs is 1. The van der Waals surface area contributed by atoms with E-state index in [1.807, 2.05) is 6.92 Å². The summed E-state index contributed by atoms with van der Waals surface area (Å²) in [7, 11) is 1.52. The molecule has 3 rings (SSSR count). The van der Waals surface area contributed by atoms with Crippen LogP contribution in [0.25, 0.3) is 5.65 Å². The molecule has 142 valence electrons. The molecule has 0 unspecified atom stereocenters. The smallest absolute Gasteiger partial charge is 0.345 e. The molecule has 0 aliphatic heterocycles. The molecular weight excluding hydrogens is 353 g/mol. The third-order valence-electron chi connectivity index (χ3n) is 4.01. The Morgan fingerprint density at radius 3 is 2.89 bits per heavy atom. The van der Waals surface area contributed by atoms with E-state index >= 15 is 0 Å². The first-order valence-electron chi connectivity index (χ1n) is 8.36. The number of hydrogen-bond donors (Lipinski definition) is 2. The zero-order valence-corrected chi connectivity index (χ0v) is 15.2. The number of ether oxygens (including phenoxy) is 2. The lowest BCUT2D eigenvalue weighted by Crippen LogP contribution is -2.11. The molecule has 1 atom stereocenters. The summed E-state index contributed by atoms with van der Waals surface area (Å²) in [6.45, 7) is 3.76. The number of nitrogen functional groups attached to an aromatic ring is 1. The molecule has 0 bridgehead atoms. The second kappa shape index (κ2) is 7.48. The summed E-state index contributed by atoms with van der Waals surface area (Å²) in [6, 6.07) is 5.67. The third-order valence-corrected chi connectivity index (χ3v) is 4.01. The number of benzene rings is 1. The van der Waals surface area contributed by atoms with Crippen LogP contribution < -0.4 is 15.8 Å². The zero-order valence-electron chi connectivity index (χ0n) is 15.2. The van der Waals surface area contributed by atoms with Crippen molar-refractivity contribution in [1.29, 1.82) is 0 Å². The second-order valence-corrected chi connectivity index (χ2v) is 5.81. The Bertz CT molecular complexity index is 989. The van der Waals surface area contributed by atoms with Crippen molar-refractivity contribution < 1.29 is 18.7 Å². The molecule has 8 nitrogen and oxygen atoms in total. The Morgan fingerprint density at radius 1 is 1.41 bits per heavy atom. The van der Waals surface area contributed by atoms with Crippen LogP contribution in [-0.4, -0.2) is 34.3 Å². The van der Waals surface area contributed by atoms with Gasteiger partial charge in [0.05, 0.1) is 19.8 Å². The van der Waals surface area contributed by atoms with Gasteiger partial charge in [-0.15, -0.1) is 5.10 Å². The van der Waals surface area contributed by atoms with Gasteiger partial charge in [0.15, 0.2) is 11.5 Å². The molecule has 1 aromatic carbocycles. The molecule has 2 aromatic heterocycles. The standard InChI is InChI=1S/C18H20FN5O3/c1-4-27-18(25)15-16(20)23-24-8-7-14(22-17(15)24)21-10(2)12-9-11(19)5-6-13(12)26-3/h5-10H,4H2,1-3H3,(H2,20,23)(H,21,22)/t10-/m1/s1. The van der Waals surface area contributed by atoms with Crippen LogP contribution in [0.3, 0.4) is 0 Å². The molecule has 3 aromatic rings. The topological polar surface area (TPSA) is 104 Å². The molecule has 3 N–H and O–H groups in total. The number of rotatable bonds is 6. The molecule has 0 saturated heterocycles. The molecule has 0 aliphatic carbocycles. The fraction of sp³-hybridized carbons (Fsp3) is 0.278. The number of nitrogens with one attached hydrogen (secondary N) is 1. The van der Waals surface area contributed by atoms with Crippen LogP contribution in [0.1, 0.15) is 35.8 Å². The number of nitrogens with zero attached hydrogens (tertiary/aromatic N) is 3. The quantitative estimate of drug-likeness (QED) is 0.640. The van der Waals surface area contributed by atoms with Crippen molar-refractivity contribution in [1.82, 2.24) is 14.6 Å². The first-order chi connectivity index (χ1) is 12.9. The summed E-state index contributed by atoms with van der Waals surface area (Å²) in [4.78, 5) is 16.6. The number of nitrogens with two attached hydrogens (primary N) is 1. The lowest BCUT2D eigenvalue weighted by Gasteiger charge is -2.18. The average molecular weight is 373 g/mol. The van der Waals surface area contributed by atoms with Crippen LogP contribution in [0, 0.1) is 5.82 Å². The molecule has 0 fully saturated rings. The van der Waals surface area contributed by atoms with Crippen LogP contribution in [0.2, 0.25) is 0 Å². The van der Waals surface area contributed by atoms with E-state index < -0.39 is 5.97 Å². The van der Waals surface area contributed by atoms with E-state index in [0.29, 0.717) is 17.1 Å². The van der Waals surface area contributed by atoms with Gasteiger partial charge in [-0.3, -0.25) is 0 Å². The number of halogens is 1. The van der Waals surface area contributed by atoms with Gasteiger partial charge in [0, 0.05) is 11.8 Å². The fourth-order valence-electron chi connectivity index (χ4n) is 2.77. The predicted molar refractivity (Wildman–Crippen MR) is 98.3 cm³/mol. The average Bonchev–Trinajstić information content (AvgIpc) is 2.97. The maximum Gasteiger partial charge on any atom is 0.345 e. The molecule has 27 heavy (non-hydrogen) atoms. The van der Waals surface area contributed by atoms with Crippen LogP contribution in [0.5, 0.6) is 5.75 Å². The lowest BCUT2D eigenvalue weighted by molar-refractivity contribution is 0.0529. The first-order valence-corrected chi connectivity index (χ1v) is 8.36. The van der Waals surface area contributed by atoms with Crippen LogP contribution in [-0.2, 0) is 4.74 Å². The number of aromatic nitrogens is 3. The Balaban J connectivity index is 1.95. The molecule has 0 radical (unpaired) electrons. The normalized spacial score (nSPS) is 12.0. The first kappa shape index (κ1) is 18.4. The number of esters is 1. The van der Waals surface area contributed by atoms with E-state index in [1.54, 1.807) is 25.3 Å². The van der Waals surface area contributed by atoms with E-state index in [2.05, 4.69) is 15.4 Å². The number of anilines is 2. The molecule has 0 saturated carbocycles. The van der Waals surface area contributed by atoms with E-state index in [0.717, 1.165) is 0 Å². The second-order valence-electron chi connectivity index (χ2n) is 5.81. The summed E-state index contributed by atoms with van der Waals surface area (Å²) in [5.74, 6) is 0.105. The highest BCUT2D eigenvalue weighted by Crippen LogP contribution is 2.28. The molecular formula is C18H20FN5O3. The summed E-state index contributed by atoms with van der Waals surface area (Å²) < 4.78 is 25.3. The number of carbonyl (C=O) groups is 1. The number of hydrogen-bond acceptors (Lipinski definition) is 7. The highest BCUT2D eigenvalue weighted by atomic mass is 19.1. The monoisotopic (exact) mass is 373 g/mol. The van der Waals surface area contributed by atoms with E-state index in [1.165, 1.54) is 23.8 Å². The summed E-state index contributed by atoms with van der Waals surface area (Å²) >= 11 is 0. The summed E-state index contributed by atoms with van der Waals surface area (Å²) in [5, 5.41) is 7.24. The third kappa shape index (κ3) is 3.62. The maximum atomic E-state index is 13.6. The van der Waals surface area contributed by atoms with Crippen molar-refractivity contribution in [3.8, 4) is 5.75 Å². The number of carbonyl (C=O) groups excluding carboxylic acids is 1. The Morgan fingerprint density at radius 2 is 2.19 bits per heavy atom. The lowest BCUT2D eigenvalue weighted by atomic mass is 10.1. The Hall–Kier alpha value is -3.36. The molecule has 0 aliphatic rings. The van der Waals surface area contributed by atoms with E-state index in [-0.39, 0.29) is 35.5 Å². The minimum Gasteiger partial charge on any atom is -0.496 e. The van der Waals surface area contributed by atoms with E-state index in [9.17, 15) is 9.18 Å². The Kier molecular flexibility index (Phi) is 5.11. The van der Waals surface area contributed by atoms with Gasteiger partial charge < -0.3 is 20.5 Å². The maximum absolute atomic E-state index is 13.6. The van der Waals surface area contributed by atoms with Crippen molar-refractivity contribution >= 4 is 23.3 Å². The fourth-order valence-corrected chi connectivity index (χ4v) is 2.77. The minimum atomic E-state index is -0.588. The van der Waals surface area contributed by atoms with Gasteiger partial charge in [0.2, 0.25) is 0 Å². The van der Waals surface area contributed by atoms with Gasteiger partial charge in [0.25, 0.3) is 0 Å². The summed E-state index contributed by atoms with van der Waals surface area (Å²) in [5.41, 5.74) is 6.85. The molecule has 0 amide bonds. The largest absolute Gasteiger partial charge is 0.496 e. The Labute approximate surface area is 155 Å². The van der Waals surface area contributed by atoms with Gasteiger partial charge in [0.1, 0.15) is 22.9 Å². The van der Waals surface area contributed by atoms with Crippen molar-refractivity contribution in [3.63, 3.8) is 0 Å². The van der Waals surface area contributed by atoms with Gasteiger partial charge in [-0.05, 0) is 38.1 Å². The van der Waals surface area contributed by atoms with Gasteiger partial charge >= 0.3 is 5.97 Å². The van der Waals surface area contributed by atoms with Gasteiger partial charge in [-0.1, -0.05) is 0 Å². The zero-order chi connectivity index (χ0) is 19.6. The summed E-state index contributed by atoms with van der Waals surface area (Å²) in [6.07, 6.45) is 1.62. The van der Waals surface area contributed by atoms with E-state index in [4.69, 9.17) is 15.2 Å². The highest BCUT2D eigenvalue weighted by molar-refractivity contribution is 6.00. The molecule has 9 heteroatoms. The van der Waals surface area contributed by atoms with Crippen LogP contribution in [0.4, 0.5) is 16.0 Å². The van der Waals surface area contributed by atoms with Gasteiger partial charge in [-0.25, -0.2) is 18.7 Å². The van der Waals surface area contributed by atoms with Crippen LogP contribution >= 0.6 is 0 Å². The van der Waals surface area contributed by atoms with Crippen LogP contribution in [0.15, 0.2) is 30.5 Å². The van der Waals surface area contributed by atoms with Crippen molar-refractivity contribution in [2.75, 3.05) is 24.8 Å². The molecule has 2 heterocycles. The highest BCUT2D eigenvalue weighted by Gasteiger charge is 2.21. The number of methoxy groups -OCH3 is 1. The van der Waals surface area contributed by atoms with Crippen molar-refractivity contribution in [3.05, 3.63) is 47.4 Å². The van der Waals surface area contributed by atoms with Gasteiger partial charge in [-0.2, -0.15) is 0 Å². The minimum absolute atomic E-state index is 0.0398. The van der Waals surface area contributed by atoms with Crippen molar-refractivity contribution in [2.45, 2.75) is 19.9 Å². The SMILES string of the molecule is CCOC(=O)c1c(N)nn2ccc(N[C@H](C)c3cc(F)ccc3OC)nc12.